The molecule has 0 fully saturated rings. The van der Waals surface area contributed by atoms with Gasteiger partial charge < -0.3 is 5.32 Å². The van der Waals surface area contributed by atoms with Crippen LogP contribution in [0.1, 0.15) is 55.2 Å². The fourth-order valence-corrected chi connectivity index (χ4v) is 4.64. The SMILES string of the molecule is CCNC1CCCc2sc(CSCC(C)C)nc21. The van der Waals surface area contributed by atoms with Crippen LogP contribution in [-0.2, 0) is 12.2 Å². The van der Waals surface area contributed by atoms with E-state index in [0.29, 0.717) is 6.04 Å². The molecule has 2 nitrogen and oxygen atoms in total. The maximum atomic E-state index is 4.88. The van der Waals surface area contributed by atoms with Crippen LogP contribution in [0, 0.1) is 5.92 Å². The van der Waals surface area contributed by atoms with Crippen LogP contribution in [0.15, 0.2) is 0 Å². The Morgan fingerprint density at radius 3 is 3.06 bits per heavy atom. The Morgan fingerprint density at radius 1 is 1.50 bits per heavy atom. The quantitative estimate of drug-likeness (QED) is 0.854. The van der Waals surface area contributed by atoms with Gasteiger partial charge in [-0.1, -0.05) is 20.8 Å². The molecule has 1 atom stereocenters. The molecule has 0 bridgehead atoms. The average Bonchev–Trinajstić information content (AvgIpc) is 2.73. The maximum absolute atomic E-state index is 4.88. The molecule has 102 valence electrons. The van der Waals surface area contributed by atoms with Gasteiger partial charge in [-0.15, -0.1) is 11.3 Å². The lowest BCUT2D eigenvalue weighted by atomic mass is 9.98. The van der Waals surface area contributed by atoms with Crippen molar-refractivity contribution in [1.82, 2.24) is 10.3 Å². The van der Waals surface area contributed by atoms with E-state index in [-0.39, 0.29) is 0 Å². The van der Waals surface area contributed by atoms with Crippen LogP contribution >= 0.6 is 23.1 Å². The van der Waals surface area contributed by atoms with E-state index in [1.807, 2.05) is 23.1 Å². The van der Waals surface area contributed by atoms with Gasteiger partial charge in [-0.25, -0.2) is 4.98 Å². The third-order valence-electron chi connectivity index (χ3n) is 3.13. The van der Waals surface area contributed by atoms with Gasteiger partial charge in [-0.05, 0) is 37.5 Å². The van der Waals surface area contributed by atoms with Gasteiger partial charge in [0.1, 0.15) is 5.01 Å². The summed E-state index contributed by atoms with van der Waals surface area (Å²) in [5.74, 6) is 3.11. The number of aromatic nitrogens is 1. The Balaban J connectivity index is 1.98. The molecule has 1 aliphatic rings. The van der Waals surface area contributed by atoms with E-state index in [4.69, 9.17) is 4.98 Å². The van der Waals surface area contributed by atoms with Gasteiger partial charge >= 0.3 is 0 Å². The molecule has 1 heterocycles. The zero-order valence-corrected chi connectivity index (χ0v) is 13.3. The predicted molar refractivity (Wildman–Crippen MR) is 82.5 cm³/mol. The van der Waals surface area contributed by atoms with E-state index >= 15 is 0 Å². The van der Waals surface area contributed by atoms with Crippen molar-refractivity contribution in [1.29, 1.82) is 0 Å². The second kappa shape index (κ2) is 6.92. The molecule has 1 unspecified atom stereocenters. The lowest BCUT2D eigenvalue weighted by Crippen LogP contribution is -2.24. The number of thioether (sulfide) groups is 1. The summed E-state index contributed by atoms with van der Waals surface area (Å²) in [6.07, 6.45) is 3.80. The van der Waals surface area contributed by atoms with Gasteiger partial charge in [0, 0.05) is 10.6 Å². The van der Waals surface area contributed by atoms with Crippen LogP contribution in [0.4, 0.5) is 0 Å². The number of hydrogen-bond donors (Lipinski definition) is 1. The van der Waals surface area contributed by atoms with Crippen LogP contribution in [0.3, 0.4) is 0 Å². The summed E-state index contributed by atoms with van der Waals surface area (Å²) >= 11 is 3.96. The molecular formula is C14H24N2S2. The van der Waals surface area contributed by atoms with Crippen LogP contribution in [0.2, 0.25) is 0 Å². The molecular weight excluding hydrogens is 260 g/mol. The molecule has 1 N–H and O–H groups in total. The highest BCUT2D eigenvalue weighted by Gasteiger charge is 2.23. The monoisotopic (exact) mass is 284 g/mol. The standard InChI is InChI=1S/C14H24N2S2/c1-4-15-11-6-5-7-12-14(11)16-13(18-12)9-17-8-10(2)3/h10-11,15H,4-9H2,1-3H3. The summed E-state index contributed by atoms with van der Waals surface area (Å²) in [4.78, 5) is 6.42. The molecule has 1 aliphatic carbocycles. The highest BCUT2D eigenvalue weighted by molar-refractivity contribution is 7.98. The van der Waals surface area contributed by atoms with Crippen molar-refractivity contribution in [2.45, 2.75) is 51.8 Å². The molecule has 18 heavy (non-hydrogen) atoms. The van der Waals surface area contributed by atoms with Crippen molar-refractivity contribution in [3.63, 3.8) is 0 Å². The molecule has 0 saturated carbocycles. The fraction of sp³-hybridized carbons (Fsp3) is 0.786. The van der Waals surface area contributed by atoms with Gasteiger partial charge in [-0.3, -0.25) is 0 Å². The van der Waals surface area contributed by atoms with E-state index in [2.05, 4.69) is 26.1 Å². The van der Waals surface area contributed by atoms with Crippen molar-refractivity contribution in [2.24, 2.45) is 5.92 Å². The number of fused-ring (bicyclic) bond motifs is 1. The van der Waals surface area contributed by atoms with Gasteiger partial charge in [0.2, 0.25) is 0 Å². The predicted octanol–water partition coefficient (Wildman–Crippen LogP) is 4.02. The number of nitrogens with zero attached hydrogens (tertiary/aromatic N) is 1. The highest BCUT2D eigenvalue weighted by atomic mass is 32.2. The Morgan fingerprint density at radius 2 is 2.33 bits per heavy atom. The zero-order chi connectivity index (χ0) is 13.0. The number of aryl methyl sites for hydroxylation is 1. The van der Waals surface area contributed by atoms with Crippen molar-refractivity contribution < 1.29 is 0 Å². The largest absolute Gasteiger partial charge is 0.309 e. The summed E-state index contributed by atoms with van der Waals surface area (Å²) in [7, 11) is 0. The Labute approximate surface area is 119 Å². The molecule has 0 radical (unpaired) electrons. The number of rotatable bonds is 6. The van der Waals surface area contributed by atoms with Gasteiger partial charge in [0.05, 0.1) is 11.7 Å². The molecule has 4 heteroatoms. The minimum Gasteiger partial charge on any atom is -0.309 e. The van der Waals surface area contributed by atoms with Crippen LogP contribution in [0.5, 0.6) is 0 Å². The molecule has 1 aromatic rings. The topological polar surface area (TPSA) is 24.9 Å². The summed E-state index contributed by atoms with van der Waals surface area (Å²) in [6, 6.07) is 0.513. The number of nitrogens with one attached hydrogen (secondary N) is 1. The third-order valence-corrected chi connectivity index (χ3v) is 5.82. The summed E-state index contributed by atoms with van der Waals surface area (Å²) in [5, 5.41) is 4.89. The summed E-state index contributed by atoms with van der Waals surface area (Å²) < 4.78 is 0. The van der Waals surface area contributed by atoms with Crippen molar-refractivity contribution in [3.05, 3.63) is 15.6 Å². The van der Waals surface area contributed by atoms with E-state index in [0.717, 1.165) is 18.2 Å². The molecule has 0 aliphatic heterocycles. The Hall–Kier alpha value is -0.0600. The minimum absolute atomic E-state index is 0.513. The van der Waals surface area contributed by atoms with Crippen molar-refractivity contribution in [2.75, 3.05) is 12.3 Å². The van der Waals surface area contributed by atoms with Crippen molar-refractivity contribution in [3.8, 4) is 0 Å². The molecule has 0 spiro atoms. The fourth-order valence-electron chi connectivity index (χ4n) is 2.36. The summed E-state index contributed by atoms with van der Waals surface area (Å²) in [5.41, 5.74) is 1.35. The van der Waals surface area contributed by atoms with Crippen LogP contribution < -0.4 is 5.32 Å². The maximum Gasteiger partial charge on any atom is 0.103 e. The van der Waals surface area contributed by atoms with Crippen molar-refractivity contribution >= 4 is 23.1 Å². The third kappa shape index (κ3) is 3.72. The number of hydrogen-bond acceptors (Lipinski definition) is 4. The smallest absolute Gasteiger partial charge is 0.103 e. The molecule has 0 amide bonds. The first-order valence-electron chi connectivity index (χ1n) is 7.00. The van der Waals surface area contributed by atoms with Gasteiger partial charge in [0.15, 0.2) is 0 Å². The van der Waals surface area contributed by atoms with E-state index in [9.17, 15) is 0 Å². The second-order valence-electron chi connectivity index (χ2n) is 5.33. The van der Waals surface area contributed by atoms with E-state index in [1.165, 1.54) is 40.6 Å². The molecule has 1 aromatic heterocycles. The zero-order valence-electron chi connectivity index (χ0n) is 11.7. The second-order valence-corrected chi connectivity index (χ2v) is 7.53. The lowest BCUT2D eigenvalue weighted by Gasteiger charge is -2.21. The molecule has 2 rings (SSSR count). The van der Waals surface area contributed by atoms with E-state index < -0.39 is 0 Å². The molecule has 0 saturated heterocycles. The molecule has 0 aromatic carbocycles. The first-order valence-corrected chi connectivity index (χ1v) is 8.97. The highest BCUT2D eigenvalue weighted by Crippen LogP contribution is 2.34. The van der Waals surface area contributed by atoms with Gasteiger partial charge in [-0.2, -0.15) is 11.8 Å². The minimum atomic E-state index is 0.513. The normalized spacial score (nSPS) is 19.2. The van der Waals surface area contributed by atoms with Crippen LogP contribution in [-0.4, -0.2) is 17.3 Å². The van der Waals surface area contributed by atoms with Gasteiger partial charge in [0.25, 0.3) is 0 Å². The first-order chi connectivity index (χ1) is 8.70. The number of thiazole rings is 1. The average molecular weight is 284 g/mol. The Kier molecular flexibility index (Phi) is 5.52. The first kappa shape index (κ1) is 14.4. The lowest BCUT2D eigenvalue weighted by molar-refractivity contribution is 0.465. The van der Waals surface area contributed by atoms with Crippen LogP contribution in [0.25, 0.3) is 0 Å². The Bertz CT molecular complexity index is 374. The summed E-state index contributed by atoms with van der Waals surface area (Å²) in [6.45, 7) is 7.78. The van der Waals surface area contributed by atoms with E-state index in [1.54, 1.807) is 0 Å².